The third-order valence-corrected chi connectivity index (χ3v) is 4.67. The van der Waals surface area contributed by atoms with E-state index >= 15 is 0 Å². The van der Waals surface area contributed by atoms with Crippen LogP contribution in [0.1, 0.15) is 65.7 Å². The standard InChI is InChI=1S/C15H29NO/c1-4-6-13-11-12(8-10-17-13)16-14-7-5-9-15(14,2)3/h12-14,16H,4-11H2,1-3H3. The van der Waals surface area contributed by atoms with Crippen molar-refractivity contribution in [1.82, 2.24) is 5.32 Å². The first kappa shape index (κ1) is 13.4. The molecule has 2 aliphatic rings. The summed E-state index contributed by atoms with van der Waals surface area (Å²) in [6.45, 7) is 8.04. The summed E-state index contributed by atoms with van der Waals surface area (Å²) in [5.41, 5.74) is 0.499. The topological polar surface area (TPSA) is 21.3 Å². The van der Waals surface area contributed by atoms with Gasteiger partial charge in [0.1, 0.15) is 0 Å². The van der Waals surface area contributed by atoms with E-state index in [0.29, 0.717) is 17.6 Å². The molecule has 0 aromatic heterocycles. The van der Waals surface area contributed by atoms with Crippen molar-refractivity contribution in [1.29, 1.82) is 0 Å². The molecule has 0 spiro atoms. The number of hydrogen-bond donors (Lipinski definition) is 1. The Morgan fingerprint density at radius 1 is 1.29 bits per heavy atom. The van der Waals surface area contributed by atoms with Crippen LogP contribution in [0.25, 0.3) is 0 Å². The number of nitrogens with one attached hydrogen (secondary N) is 1. The Morgan fingerprint density at radius 2 is 2.12 bits per heavy atom. The zero-order valence-electron chi connectivity index (χ0n) is 11.8. The van der Waals surface area contributed by atoms with Gasteiger partial charge in [0.2, 0.25) is 0 Å². The molecule has 17 heavy (non-hydrogen) atoms. The average Bonchev–Trinajstić information content (AvgIpc) is 2.59. The summed E-state index contributed by atoms with van der Waals surface area (Å²) in [7, 11) is 0. The van der Waals surface area contributed by atoms with E-state index in [4.69, 9.17) is 4.74 Å². The lowest BCUT2D eigenvalue weighted by Gasteiger charge is -2.36. The minimum absolute atomic E-state index is 0.499. The Hall–Kier alpha value is -0.0800. The minimum Gasteiger partial charge on any atom is -0.378 e. The normalized spacial score (nSPS) is 37.2. The third kappa shape index (κ3) is 3.45. The molecule has 2 nitrogen and oxygen atoms in total. The van der Waals surface area contributed by atoms with E-state index in [1.807, 2.05) is 0 Å². The van der Waals surface area contributed by atoms with Crippen LogP contribution in [0, 0.1) is 5.41 Å². The van der Waals surface area contributed by atoms with Crippen molar-refractivity contribution in [3.63, 3.8) is 0 Å². The molecule has 2 fully saturated rings. The van der Waals surface area contributed by atoms with E-state index in [0.717, 1.165) is 12.6 Å². The van der Waals surface area contributed by atoms with Gasteiger partial charge in [-0.3, -0.25) is 0 Å². The van der Waals surface area contributed by atoms with Crippen LogP contribution >= 0.6 is 0 Å². The van der Waals surface area contributed by atoms with Gasteiger partial charge in [-0.05, 0) is 37.5 Å². The number of hydrogen-bond acceptors (Lipinski definition) is 2. The van der Waals surface area contributed by atoms with Crippen LogP contribution in [-0.2, 0) is 4.74 Å². The highest BCUT2D eigenvalue weighted by atomic mass is 16.5. The molecule has 0 amide bonds. The summed E-state index contributed by atoms with van der Waals surface area (Å²) in [5.74, 6) is 0. The summed E-state index contributed by atoms with van der Waals surface area (Å²) >= 11 is 0. The van der Waals surface area contributed by atoms with E-state index in [9.17, 15) is 0 Å². The zero-order chi connectivity index (χ0) is 12.3. The maximum atomic E-state index is 5.83. The third-order valence-electron chi connectivity index (χ3n) is 4.67. The molecule has 1 aliphatic heterocycles. The molecule has 0 aromatic carbocycles. The fraction of sp³-hybridized carbons (Fsp3) is 1.00. The fourth-order valence-electron chi connectivity index (χ4n) is 3.47. The molecule has 100 valence electrons. The van der Waals surface area contributed by atoms with Crippen LogP contribution in [0.15, 0.2) is 0 Å². The Kier molecular flexibility index (Phi) is 4.48. The van der Waals surface area contributed by atoms with Crippen molar-refractivity contribution in [3.8, 4) is 0 Å². The van der Waals surface area contributed by atoms with Crippen molar-refractivity contribution in [2.75, 3.05) is 6.61 Å². The van der Waals surface area contributed by atoms with Gasteiger partial charge in [0.05, 0.1) is 6.10 Å². The Labute approximate surface area is 107 Å². The summed E-state index contributed by atoms with van der Waals surface area (Å²) in [5, 5.41) is 3.92. The molecule has 0 radical (unpaired) electrons. The number of ether oxygens (including phenoxy) is 1. The second kappa shape index (κ2) is 5.71. The highest BCUT2D eigenvalue weighted by molar-refractivity contribution is 4.93. The van der Waals surface area contributed by atoms with E-state index in [-0.39, 0.29) is 0 Å². The van der Waals surface area contributed by atoms with E-state index in [1.165, 1.54) is 44.9 Å². The van der Waals surface area contributed by atoms with Crippen LogP contribution in [0.5, 0.6) is 0 Å². The lowest BCUT2D eigenvalue weighted by molar-refractivity contribution is -0.00713. The predicted molar refractivity (Wildman–Crippen MR) is 72.2 cm³/mol. The molecule has 2 heteroatoms. The lowest BCUT2D eigenvalue weighted by atomic mass is 9.86. The molecule has 1 N–H and O–H groups in total. The minimum atomic E-state index is 0.499. The zero-order valence-corrected chi connectivity index (χ0v) is 11.8. The van der Waals surface area contributed by atoms with Gasteiger partial charge in [0, 0.05) is 18.7 Å². The maximum Gasteiger partial charge on any atom is 0.0589 e. The second-order valence-electron chi connectivity index (χ2n) is 6.60. The summed E-state index contributed by atoms with van der Waals surface area (Å²) in [4.78, 5) is 0. The second-order valence-corrected chi connectivity index (χ2v) is 6.60. The Bertz CT molecular complexity index is 237. The van der Waals surface area contributed by atoms with Crippen molar-refractivity contribution in [2.45, 2.75) is 83.9 Å². The largest absolute Gasteiger partial charge is 0.378 e. The van der Waals surface area contributed by atoms with Crippen LogP contribution in [0.3, 0.4) is 0 Å². The van der Waals surface area contributed by atoms with Crippen LogP contribution in [0.2, 0.25) is 0 Å². The molecular formula is C15H29NO. The monoisotopic (exact) mass is 239 g/mol. The molecule has 0 bridgehead atoms. The first-order valence-corrected chi connectivity index (χ1v) is 7.49. The van der Waals surface area contributed by atoms with Crippen LogP contribution in [0.4, 0.5) is 0 Å². The first-order valence-electron chi connectivity index (χ1n) is 7.49. The van der Waals surface area contributed by atoms with Gasteiger partial charge in [-0.1, -0.05) is 33.6 Å². The number of rotatable bonds is 4. The SMILES string of the molecule is CCCC1CC(NC2CCCC2(C)C)CCO1. The van der Waals surface area contributed by atoms with Crippen LogP contribution in [-0.4, -0.2) is 24.8 Å². The van der Waals surface area contributed by atoms with E-state index in [1.54, 1.807) is 0 Å². The molecule has 3 atom stereocenters. The van der Waals surface area contributed by atoms with Gasteiger partial charge >= 0.3 is 0 Å². The fourth-order valence-corrected chi connectivity index (χ4v) is 3.47. The molecule has 2 rings (SSSR count). The molecule has 1 saturated carbocycles. The summed E-state index contributed by atoms with van der Waals surface area (Å²) < 4.78 is 5.83. The van der Waals surface area contributed by atoms with Crippen molar-refractivity contribution < 1.29 is 4.74 Å². The molecular weight excluding hydrogens is 210 g/mol. The molecule has 0 aromatic rings. The highest BCUT2D eigenvalue weighted by Gasteiger charge is 2.36. The van der Waals surface area contributed by atoms with Gasteiger partial charge in [-0.15, -0.1) is 0 Å². The Morgan fingerprint density at radius 3 is 2.76 bits per heavy atom. The predicted octanol–water partition coefficient (Wildman–Crippen LogP) is 3.50. The van der Waals surface area contributed by atoms with Crippen molar-refractivity contribution in [3.05, 3.63) is 0 Å². The first-order chi connectivity index (χ1) is 8.12. The quantitative estimate of drug-likeness (QED) is 0.810. The molecule has 1 aliphatic carbocycles. The van der Waals surface area contributed by atoms with Gasteiger partial charge < -0.3 is 10.1 Å². The maximum absolute atomic E-state index is 5.83. The highest BCUT2D eigenvalue weighted by Crippen LogP contribution is 2.38. The smallest absolute Gasteiger partial charge is 0.0589 e. The van der Waals surface area contributed by atoms with Gasteiger partial charge in [0.15, 0.2) is 0 Å². The molecule has 3 unspecified atom stereocenters. The van der Waals surface area contributed by atoms with Gasteiger partial charge in [-0.2, -0.15) is 0 Å². The van der Waals surface area contributed by atoms with Gasteiger partial charge in [0.25, 0.3) is 0 Å². The molecule has 1 saturated heterocycles. The van der Waals surface area contributed by atoms with Gasteiger partial charge in [-0.25, -0.2) is 0 Å². The lowest BCUT2D eigenvalue weighted by Crippen LogP contribution is -2.47. The van der Waals surface area contributed by atoms with Crippen LogP contribution < -0.4 is 5.32 Å². The van der Waals surface area contributed by atoms with E-state index in [2.05, 4.69) is 26.1 Å². The Balaban J connectivity index is 1.82. The van der Waals surface area contributed by atoms with Crippen molar-refractivity contribution >= 4 is 0 Å². The average molecular weight is 239 g/mol. The summed E-state index contributed by atoms with van der Waals surface area (Å²) in [6, 6.07) is 1.43. The van der Waals surface area contributed by atoms with Crippen molar-refractivity contribution in [2.24, 2.45) is 5.41 Å². The molecule has 1 heterocycles. The van der Waals surface area contributed by atoms with E-state index < -0.39 is 0 Å². The summed E-state index contributed by atoms with van der Waals surface area (Å²) in [6.07, 6.45) is 9.54.